The van der Waals surface area contributed by atoms with Crippen LogP contribution in [0.4, 0.5) is 5.88 Å². The number of ether oxygens (including phenoxy) is 1. The Hall–Kier alpha value is -3.72. The fourth-order valence-electron chi connectivity index (χ4n) is 4.27. The van der Waals surface area contributed by atoms with E-state index < -0.39 is 4.92 Å². The Morgan fingerprint density at radius 3 is 2.71 bits per heavy atom. The largest absolute Gasteiger partial charge is 0.433 e. The van der Waals surface area contributed by atoms with Crippen LogP contribution in [0.3, 0.4) is 0 Å². The number of aromatic nitrogens is 2. The lowest BCUT2D eigenvalue weighted by Crippen LogP contribution is -2.37. The van der Waals surface area contributed by atoms with E-state index in [1.165, 1.54) is 29.8 Å². The van der Waals surface area contributed by atoms with E-state index in [2.05, 4.69) is 21.7 Å². The molecule has 2 aromatic heterocycles. The predicted molar refractivity (Wildman–Crippen MR) is 131 cm³/mol. The molecular weight excluding hydrogens is 448 g/mol. The minimum Gasteiger partial charge on any atom is -0.401 e. The molecule has 0 saturated carbocycles. The maximum atomic E-state index is 12.5. The molecule has 1 amide bonds. The number of benzene rings is 1. The molecule has 0 aliphatic carbocycles. The van der Waals surface area contributed by atoms with Gasteiger partial charge < -0.3 is 18.6 Å². The van der Waals surface area contributed by atoms with E-state index in [1.54, 1.807) is 4.90 Å². The molecule has 0 N–H and O–H groups in total. The highest BCUT2D eigenvalue weighted by atomic mass is 16.6. The first-order valence-electron chi connectivity index (χ1n) is 11.9. The summed E-state index contributed by atoms with van der Waals surface area (Å²) in [5.74, 6) is 1.22. The number of hydrogen-bond donors (Lipinski definition) is 0. The number of nitro groups is 1. The number of rotatable bonds is 11. The zero-order valence-electron chi connectivity index (χ0n) is 19.6. The van der Waals surface area contributed by atoms with Gasteiger partial charge in [0.05, 0.1) is 12.7 Å². The Morgan fingerprint density at radius 2 is 1.97 bits per heavy atom. The highest BCUT2D eigenvalue weighted by Gasteiger charge is 2.25. The summed E-state index contributed by atoms with van der Waals surface area (Å²) in [5.41, 5.74) is 1.19. The van der Waals surface area contributed by atoms with Gasteiger partial charge in [-0.2, -0.15) is 0 Å². The van der Waals surface area contributed by atoms with Gasteiger partial charge >= 0.3 is 5.88 Å². The quantitative estimate of drug-likeness (QED) is 0.170. The summed E-state index contributed by atoms with van der Waals surface area (Å²) in [6.45, 7) is 3.57. The first-order valence-corrected chi connectivity index (χ1v) is 11.9. The highest BCUT2D eigenvalue weighted by Crippen LogP contribution is 2.27. The molecule has 0 bridgehead atoms. The summed E-state index contributed by atoms with van der Waals surface area (Å²) in [4.78, 5) is 29.0. The molecule has 0 unspecified atom stereocenters. The number of amides is 1. The highest BCUT2D eigenvalue weighted by molar-refractivity contribution is 5.91. The van der Waals surface area contributed by atoms with E-state index >= 15 is 0 Å². The van der Waals surface area contributed by atoms with Crippen molar-refractivity contribution in [2.45, 2.75) is 44.8 Å². The van der Waals surface area contributed by atoms with Gasteiger partial charge in [-0.3, -0.25) is 14.9 Å². The number of unbranched alkanes of at least 4 members (excludes halogenated alkanes) is 1. The molecule has 0 spiro atoms. The Balaban J connectivity index is 1.18. The van der Waals surface area contributed by atoms with Gasteiger partial charge in [0, 0.05) is 50.6 Å². The lowest BCUT2D eigenvalue weighted by Gasteiger charge is -2.31. The Bertz CT molecular complexity index is 1130. The zero-order valence-corrected chi connectivity index (χ0v) is 19.6. The fourth-order valence-corrected chi connectivity index (χ4v) is 4.27. The number of likely N-dealkylation sites (tertiary alicyclic amines) is 1. The van der Waals surface area contributed by atoms with Gasteiger partial charge in [-0.1, -0.05) is 30.3 Å². The molecule has 1 aliphatic heterocycles. The third-order valence-electron chi connectivity index (χ3n) is 6.15. The van der Waals surface area contributed by atoms with Gasteiger partial charge in [0.25, 0.3) is 0 Å². The second-order valence-electron chi connectivity index (χ2n) is 8.59. The number of hydrogen-bond acceptors (Lipinski definition) is 6. The molecule has 184 valence electrons. The second kappa shape index (κ2) is 12.1. The standard InChI is InChI=1S/C26H30N4O5/c31-24(10-8-23-9-11-25(35-23)30(32)33)28-16-12-22(13-17-28)26-27-14-18-29(26)15-4-5-19-34-20-21-6-2-1-3-7-21/h1-3,6-11,14,18,22H,4-5,12-13,15-17,19-20H2. The average Bonchev–Trinajstić information content (AvgIpc) is 3.55. The number of imidazole rings is 1. The summed E-state index contributed by atoms with van der Waals surface area (Å²) < 4.78 is 13.1. The van der Waals surface area contributed by atoms with Crippen molar-refractivity contribution in [3.63, 3.8) is 0 Å². The van der Waals surface area contributed by atoms with Crippen molar-refractivity contribution in [1.82, 2.24) is 14.5 Å². The summed E-state index contributed by atoms with van der Waals surface area (Å²) in [6, 6.07) is 12.9. The van der Waals surface area contributed by atoms with Crippen molar-refractivity contribution < 1.29 is 18.9 Å². The molecule has 3 heterocycles. The first-order chi connectivity index (χ1) is 17.1. The van der Waals surface area contributed by atoms with Crippen molar-refractivity contribution in [2.75, 3.05) is 19.7 Å². The van der Waals surface area contributed by atoms with Crippen molar-refractivity contribution in [1.29, 1.82) is 0 Å². The zero-order chi connectivity index (χ0) is 24.5. The number of aryl methyl sites for hydroxylation is 1. The van der Waals surface area contributed by atoms with Gasteiger partial charge in [-0.25, -0.2) is 4.98 Å². The van der Waals surface area contributed by atoms with Crippen molar-refractivity contribution in [3.8, 4) is 0 Å². The Labute approximate surface area is 204 Å². The van der Waals surface area contributed by atoms with Crippen molar-refractivity contribution in [3.05, 3.63) is 88.2 Å². The lowest BCUT2D eigenvalue weighted by atomic mass is 9.95. The lowest BCUT2D eigenvalue weighted by molar-refractivity contribution is -0.402. The monoisotopic (exact) mass is 478 g/mol. The van der Waals surface area contributed by atoms with Gasteiger partial charge in [-0.15, -0.1) is 0 Å². The minimum absolute atomic E-state index is 0.124. The van der Waals surface area contributed by atoms with E-state index in [0.717, 1.165) is 44.7 Å². The molecular formula is C26H30N4O5. The van der Waals surface area contributed by atoms with Crippen molar-refractivity contribution in [2.24, 2.45) is 0 Å². The van der Waals surface area contributed by atoms with E-state index in [-0.39, 0.29) is 17.6 Å². The summed E-state index contributed by atoms with van der Waals surface area (Å²) >= 11 is 0. The molecule has 1 saturated heterocycles. The molecule has 1 aliphatic rings. The molecule has 3 aromatic rings. The summed E-state index contributed by atoms with van der Waals surface area (Å²) in [7, 11) is 0. The van der Waals surface area contributed by atoms with E-state index in [1.807, 2.05) is 30.6 Å². The van der Waals surface area contributed by atoms with Gasteiger partial charge in [0.1, 0.15) is 16.5 Å². The number of furan rings is 1. The Morgan fingerprint density at radius 1 is 1.17 bits per heavy atom. The SMILES string of the molecule is O=C(C=Cc1ccc([N+](=O)[O-])o1)N1CCC(c2nccn2CCCCOCc2ccccc2)CC1. The number of carbonyl (C=O) groups excluding carboxylic acids is 1. The maximum Gasteiger partial charge on any atom is 0.433 e. The molecule has 9 nitrogen and oxygen atoms in total. The van der Waals surface area contributed by atoms with Crippen LogP contribution in [0, 0.1) is 10.1 Å². The van der Waals surface area contributed by atoms with Crippen LogP contribution in [0.25, 0.3) is 6.08 Å². The van der Waals surface area contributed by atoms with Gasteiger partial charge in [-0.05, 0) is 43.4 Å². The predicted octanol–water partition coefficient (Wildman–Crippen LogP) is 4.80. The van der Waals surface area contributed by atoms with Crippen LogP contribution in [0.5, 0.6) is 0 Å². The molecule has 35 heavy (non-hydrogen) atoms. The van der Waals surface area contributed by atoms with Crippen LogP contribution in [0.1, 0.15) is 48.7 Å². The van der Waals surface area contributed by atoms with Crippen LogP contribution in [-0.4, -0.2) is 45.0 Å². The van der Waals surface area contributed by atoms with Gasteiger partial charge in [0.15, 0.2) is 0 Å². The van der Waals surface area contributed by atoms with Crippen LogP contribution in [0.2, 0.25) is 0 Å². The Kier molecular flexibility index (Phi) is 8.45. The third kappa shape index (κ3) is 6.89. The van der Waals surface area contributed by atoms with Gasteiger partial charge in [0.2, 0.25) is 5.91 Å². The molecule has 0 atom stereocenters. The fraction of sp³-hybridized carbons (Fsp3) is 0.385. The summed E-state index contributed by atoms with van der Waals surface area (Å²) in [6.07, 6.45) is 10.5. The minimum atomic E-state index is -0.604. The van der Waals surface area contributed by atoms with Crippen LogP contribution < -0.4 is 0 Å². The molecule has 1 fully saturated rings. The van der Waals surface area contributed by atoms with Crippen LogP contribution in [-0.2, 0) is 22.7 Å². The van der Waals surface area contributed by atoms with E-state index in [0.29, 0.717) is 25.6 Å². The van der Waals surface area contributed by atoms with E-state index in [4.69, 9.17) is 9.15 Å². The van der Waals surface area contributed by atoms with E-state index in [9.17, 15) is 14.9 Å². The number of piperidine rings is 1. The normalized spacial score (nSPS) is 14.6. The topological polar surface area (TPSA) is 104 Å². The van der Waals surface area contributed by atoms with Crippen LogP contribution in [0.15, 0.2) is 65.4 Å². The second-order valence-corrected chi connectivity index (χ2v) is 8.59. The number of carbonyl (C=O) groups is 1. The molecule has 0 radical (unpaired) electrons. The van der Waals surface area contributed by atoms with Crippen LogP contribution >= 0.6 is 0 Å². The first kappa shape index (κ1) is 24.4. The number of nitrogens with zero attached hydrogens (tertiary/aromatic N) is 4. The molecule has 9 heteroatoms. The third-order valence-corrected chi connectivity index (χ3v) is 6.15. The summed E-state index contributed by atoms with van der Waals surface area (Å²) in [5, 5.41) is 10.7. The smallest absolute Gasteiger partial charge is 0.401 e. The molecule has 4 rings (SSSR count). The van der Waals surface area contributed by atoms with Crippen molar-refractivity contribution >= 4 is 17.9 Å². The average molecular weight is 479 g/mol. The molecule has 1 aromatic carbocycles. The maximum absolute atomic E-state index is 12.5.